The van der Waals surface area contributed by atoms with Gasteiger partial charge in [0.1, 0.15) is 0 Å². The van der Waals surface area contributed by atoms with Gasteiger partial charge >= 0.3 is 0 Å². The molecule has 0 saturated heterocycles. The van der Waals surface area contributed by atoms with E-state index in [2.05, 4.69) is 20.8 Å². The van der Waals surface area contributed by atoms with Gasteiger partial charge < -0.3 is 20.1 Å². The largest absolute Gasteiger partial charge is 0.432 e. The Morgan fingerprint density at radius 1 is 0.481 bits per heavy atom. The van der Waals surface area contributed by atoms with E-state index in [9.17, 15) is 4.80 Å². The van der Waals surface area contributed by atoms with Gasteiger partial charge in [-0.2, -0.15) is 0 Å². The van der Waals surface area contributed by atoms with Crippen molar-refractivity contribution in [3.8, 4) is 0 Å². The first kappa shape index (κ1) is 38.4. The van der Waals surface area contributed by atoms with E-state index in [0.29, 0.717) is 19.8 Å². The molecule has 0 spiro atoms. The molecule has 0 aliphatic rings. The molecule has 0 aromatic rings. The maximum Gasteiger partial charge on any atom is 0.188 e. The van der Waals surface area contributed by atoms with Gasteiger partial charge in [-0.1, -0.05) is 80.1 Å². The van der Waals surface area contributed by atoms with Crippen LogP contribution in [0.25, 0.3) is 0 Å². The second-order valence-corrected chi connectivity index (χ2v) is 10.7. The van der Waals surface area contributed by atoms with Crippen LogP contribution in [0.1, 0.15) is 99.3 Å². The molecule has 0 atom stereocenters. The number of aliphatic hydroxyl groups is 3. The Bertz CT molecular complexity index is 173. The molecule has 0 saturated carbocycles. The van der Waals surface area contributed by atoms with Crippen molar-refractivity contribution in [2.24, 2.45) is 0 Å². The predicted molar refractivity (Wildman–Crippen MR) is 119 cm³/mol. The molecular formula is C21H52O4SiTi. The second-order valence-electron chi connectivity index (χ2n) is 6.71. The summed E-state index contributed by atoms with van der Waals surface area (Å²) in [4.78, 5) is 10.5. The van der Waals surface area contributed by atoms with Crippen molar-refractivity contribution in [2.45, 2.75) is 117 Å². The normalized spacial score (nSPS) is 9.56. The summed E-state index contributed by atoms with van der Waals surface area (Å²) in [5, 5.41) is 23.6. The van der Waals surface area contributed by atoms with Crippen molar-refractivity contribution < 1.29 is 41.8 Å². The van der Waals surface area contributed by atoms with Crippen LogP contribution in [-0.4, -0.2) is 48.3 Å². The zero-order valence-corrected chi connectivity index (χ0v) is 22.0. The van der Waals surface area contributed by atoms with Crippen molar-refractivity contribution in [1.82, 2.24) is 0 Å². The molecule has 0 aliphatic carbocycles. The van der Waals surface area contributed by atoms with Crippen molar-refractivity contribution in [2.75, 3.05) is 19.8 Å². The van der Waals surface area contributed by atoms with Gasteiger partial charge in [0.2, 0.25) is 0 Å². The van der Waals surface area contributed by atoms with Crippen LogP contribution in [0.2, 0.25) is 18.1 Å². The molecule has 168 valence electrons. The maximum absolute atomic E-state index is 10.5. The zero-order valence-electron chi connectivity index (χ0n) is 19.4. The molecule has 0 unspecified atom stereocenters. The molecular weight excluding hydrogens is 392 g/mol. The molecule has 0 radical (unpaired) electrons. The quantitative estimate of drug-likeness (QED) is 0.300. The summed E-state index contributed by atoms with van der Waals surface area (Å²) in [6, 6.07) is 3.43. The Kier molecular flexibility index (Phi) is 53.3. The molecule has 4 nitrogen and oxygen atoms in total. The number of hydrogen-bond acceptors (Lipinski definition) is 4. The number of unbranched alkanes of at least 4 members (excludes halogenated alkanes) is 3. The van der Waals surface area contributed by atoms with Gasteiger partial charge in [-0.15, -0.1) is 0 Å². The first-order valence-corrected chi connectivity index (χ1v) is 13.5. The summed E-state index contributed by atoms with van der Waals surface area (Å²) in [6.07, 6.45) is 10.0. The van der Waals surface area contributed by atoms with Crippen LogP contribution >= 0.6 is 0 Å². The Morgan fingerprint density at radius 2 is 0.667 bits per heavy atom. The van der Waals surface area contributed by atoms with Crippen LogP contribution in [0.15, 0.2) is 0 Å². The minimum Gasteiger partial charge on any atom is -0.432 e. The molecule has 0 aromatic heterocycles. The van der Waals surface area contributed by atoms with Gasteiger partial charge in [0, 0.05) is 41.5 Å². The monoisotopic (exact) mass is 444 g/mol. The summed E-state index contributed by atoms with van der Waals surface area (Å²) in [5.74, 6) is 0. The fourth-order valence-corrected chi connectivity index (χ4v) is 5.68. The van der Waals surface area contributed by atoms with Gasteiger partial charge in [-0.3, -0.25) is 0 Å². The smallest absolute Gasteiger partial charge is 0.188 e. The molecule has 0 rings (SSSR count). The summed E-state index contributed by atoms with van der Waals surface area (Å²) < 4.78 is 0. The van der Waals surface area contributed by atoms with Crippen LogP contribution < -0.4 is 0 Å². The molecule has 4 N–H and O–H groups in total. The van der Waals surface area contributed by atoms with E-state index in [0.717, 1.165) is 37.4 Å². The average Bonchev–Trinajstić information content (AvgIpc) is 2.69. The Morgan fingerprint density at radius 3 is 0.778 bits per heavy atom. The topological polar surface area (TPSA) is 80.9 Å². The van der Waals surface area contributed by atoms with Crippen molar-refractivity contribution in [1.29, 1.82) is 0 Å². The van der Waals surface area contributed by atoms with Crippen LogP contribution in [0, 0.1) is 0 Å². The fraction of sp³-hybridized carbons (Fsp3) is 1.00. The number of aliphatic hydroxyl groups excluding tert-OH is 3. The predicted octanol–water partition coefficient (Wildman–Crippen LogP) is 5.49. The van der Waals surface area contributed by atoms with Crippen LogP contribution in [-0.2, 0) is 21.7 Å². The minimum atomic E-state index is -1.81. The summed E-state index contributed by atoms with van der Waals surface area (Å²) >= 11 is 0. The second kappa shape index (κ2) is 37.5. The molecule has 27 heavy (non-hydrogen) atoms. The van der Waals surface area contributed by atoms with Gasteiger partial charge in [0.05, 0.1) is 0 Å². The molecule has 6 heteroatoms. The van der Waals surface area contributed by atoms with E-state index in [1.165, 1.54) is 38.5 Å². The summed E-state index contributed by atoms with van der Waals surface area (Å²) in [7, 11) is -1.81. The van der Waals surface area contributed by atoms with Gasteiger partial charge in [0.25, 0.3) is 0 Å². The van der Waals surface area contributed by atoms with E-state index in [4.69, 9.17) is 15.3 Å². The Hall–Kier alpha value is 0.771. The van der Waals surface area contributed by atoms with Gasteiger partial charge in [-0.25, -0.2) is 0 Å². The SMILES string of the molecule is CCCC[Si](O)(CCCC)CCCC.CCCO.CCCO.CCCO.[Ti]. The van der Waals surface area contributed by atoms with Gasteiger partial charge in [0.15, 0.2) is 8.32 Å². The van der Waals surface area contributed by atoms with E-state index in [-0.39, 0.29) is 21.7 Å². The van der Waals surface area contributed by atoms with E-state index < -0.39 is 8.32 Å². The molecule has 0 aromatic carbocycles. The third kappa shape index (κ3) is 46.6. The molecule has 0 amide bonds. The summed E-state index contributed by atoms with van der Waals surface area (Å²) in [5.41, 5.74) is 0. The van der Waals surface area contributed by atoms with Crippen molar-refractivity contribution in [3.63, 3.8) is 0 Å². The third-order valence-electron chi connectivity index (χ3n) is 3.66. The van der Waals surface area contributed by atoms with E-state index in [1.807, 2.05) is 20.8 Å². The van der Waals surface area contributed by atoms with Crippen LogP contribution in [0.5, 0.6) is 0 Å². The van der Waals surface area contributed by atoms with Crippen LogP contribution in [0.3, 0.4) is 0 Å². The van der Waals surface area contributed by atoms with E-state index in [1.54, 1.807) is 0 Å². The summed E-state index contributed by atoms with van der Waals surface area (Å²) in [6.45, 7) is 13.4. The molecule has 0 fully saturated rings. The number of hydrogen-bond donors (Lipinski definition) is 4. The standard InChI is InChI=1S/C12H28OSi.3C3H8O.Ti/c1-4-7-10-14(13,11-8-5-2)12-9-6-3;3*1-2-3-4;/h13H,4-12H2,1-3H3;3*4H,2-3H2,1H3;. The van der Waals surface area contributed by atoms with E-state index >= 15 is 0 Å². The zero-order chi connectivity index (χ0) is 21.1. The Labute approximate surface area is 187 Å². The maximum atomic E-state index is 10.5. The molecule has 0 bridgehead atoms. The van der Waals surface area contributed by atoms with Crippen molar-refractivity contribution in [3.05, 3.63) is 0 Å². The molecule has 0 heterocycles. The minimum absolute atomic E-state index is 0. The number of rotatable bonds is 12. The van der Waals surface area contributed by atoms with Crippen LogP contribution in [0.4, 0.5) is 0 Å². The fourth-order valence-electron chi connectivity index (χ4n) is 1.89. The first-order valence-electron chi connectivity index (χ1n) is 11.0. The molecule has 0 aliphatic heterocycles. The third-order valence-corrected chi connectivity index (χ3v) is 7.51. The first-order chi connectivity index (χ1) is 12.4. The Balaban J connectivity index is -0.000000102. The van der Waals surface area contributed by atoms with Gasteiger partial charge in [-0.05, 0) is 37.4 Å². The van der Waals surface area contributed by atoms with Crippen molar-refractivity contribution >= 4 is 8.32 Å². The average molecular weight is 445 g/mol.